The molecule has 0 saturated heterocycles. The van der Waals surface area contributed by atoms with E-state index in [4.69, 9.17) is 15.2 Å². The van der Waals surface area contributed by atoms with Gasteiger partial charge in [0.25, 0.3) is 5.91 Å². The molecule has 1 aromatic carbocycles. The monoisotopic (exact) mass is 401 g/mol. The molecule has 0 saturated carbocycles. The summed E-state index contributed by atoms with van der Waals surface area (Å²) in [6.07, 6.45) is 0.996. The number of hydrogen-bond donors (Lipinski definition) is 2. The van der Waals surface area contributed by atoms with E-state index in [2.05, 4.69) is 10.3 Å². The number of carbonyl (C=O) groups is 4. The van der Waals surface area contributed by atoms with Crippen molar-refractivity contribution in [3.63, 3.8) is 0 Å². The van der Waals surface area contributed by atoms with E-state index in [9.17, 15) is 19.2 Å². The molecule has 29 heavy (non-hydrogen) atoms. The van der Waals surface area contributed by atoms with Gasteiger partial charge in [0.2, 0.25) is 5.91 Å². The molecule has 154 valence electrons. The van der Waals surface area contributed by atoms with Crippen molar-refractivity contribution in [2.45, 2.75) is 26.3 Å². The van der Waals surface area contributed by atoms with Gasteiger partial charge in [-0.3, -0.25) is 24.2 Å². The van der Waals surface area contributed by atoms with E-state index in [1.54, 1.807) is 38.1 Å². The van der Waals surface area contributed by atoms with Gasteiger partial charge in [-0.15, -0.1) is 0 Å². The number of pyridine rings is 1. The molecule has 0 aliphatic carbocycles. The second kappa shape index (κ2) is 10.2. The standard InChI is InChI=1S/C20H23N3O6/c1-3-28-16(24)11-14(20(27)29-4-2)17(18(21)25)23-19(26)13-9-10-22-15-8-6-5-7-12(13)15/h5-10,14,17H,3-4,11H2,1-2H3,(H2,21,25)(H,23,26)/t14-,17+/m0/s1. The Balaban J connectivity index is 2.33. The first-order valence-electron chi connectivity index (χ1n) is 9.15. The molecule has 2 rings (SSSR count). The van der Waals surface area contributed by atoms with Crippen LogP contribution in [-0.2, 0) is 23.9 Å². The fourth-order valence-electron chi connectivity index (χ4n) is 2.87. The number of hydrogen-bond acceptors (Lipinski definition) is 7. The highest BCUT2D eigenvalue weighted by Crippen LogP contribution is 2.18. The molecule has 2 amide bonds. The summed E-state index contributed by atoms with van der Waals surface area (Å²) in [5, 5.41) is 3.03. The van der Waals surface area contributed by atoms with Crippen LogP contribution in [0.15, 0.2) is 36.5 Å². The first-order chi connectivity index (χ1) is 13.9. The molecule has 1 aromatic heterocycles. The lowest BCUT2D eigenvalue weighted by Gasteiger charge is -2.23. The Morgan fingerprint density at radius 3 is 2.41 bits per heavy atom. The summed E-state index contributed by atoms with van der Waals surface area (Å²) in [7, 11) is 0. The molecular formula is C20H23N3O6. The van der Waals surface area contributed by atoms with Crippen molar-refractivity contribution < 1.29 is 28.7 Å². The van der Waals surface area contributed by atoms with Gasteiger partial charge in [-0.05, 0) is 26.0 Å². The van der Waals surface area contributed by atoms with Crippen LogP contribution in [0.4, 0.5) is 0 Å². The number of primary amides is 1. The Morgan fingerprint density at radius 1 is 1.07 bits per heavy atom. The molecule has 2 aromatic rings. The molecular weight excluding hydrogens is 378 g/mol. The first-order valence-corrected chi connectivity index (χ1v) is 9.15. The third-order valence-corrected chi connectivity index (χ3v) is 4.17. The van der Waals surface area contributed by atoms with E-state index >= 15 is 0 Å². The van der Waals surface area contributed by atoms with Crippen molar-refractivity contribution in [1.29, 1.82) is 0 Å². The Labute approximate surface area is 167 Å². The number of amides is 2. The fraction of sp³-hybridized carbons (Fsp3) is 0.350. The zero-order chi connectivity index (χ0) is 21.4. The highest BCUT2D eigenvalue weighted by Gasteiger charge is 2.37. The molecule has 0 bridgehead atoms. The van der Waals surface area contributed by atoms with Crippen LogP contribution >= 0.6 is 0 Å². The molecule has 9 heteroatoms. The minimum atomic E-state index is -1.46. The number of nitrogens with zero attached hydrogens (tertiary/aromatic N) is 1. The molecule has 2 atom stereocenters. The number of fused-ring (bicyclic) bond motifs is 1. The van der Waals surface area contributed by atoms with E-state index in [0.29, 0.717) is 10.9 Å². The Hall–Kier alpha value is -3.49. The third kappa shape index (κ3) is 5.50. The number of para-hydroxylation sites is 1. The molecule has 3 N–H and O–H groups in total. The zero-order valence-corrected chi connectivity index (χ0v) is 16.2. The minimum absolute atomic E-state index is 0.0343. The van der Waals surface area contributed by atoms with Crippen LogP contribution in [0.25, 0.3) is 10.9 Å². The van der Waals surface area contributed by atoms with Crippen LogP contribution in [-0.4, -0.2) is 48.0 Å². The van der Waals surface area contributed by atoms with Gasteiger partial charge in [0, 0.05) is 11.6 Å². The van der Waals surface area contributed by atoms with E-state index in [1.807, 2.05) is 0 Å². The number of nitrogens with one attached hydrogen (secondary N) is 1. The molecule has 0 spiro atoms. The summed E-state index contributed by atoms with van der Waals surface area (Å²) in [6.45, 7) is 3.33. The summed E-state index contributed by atoms with van der Waals surface area (Å²) < 4.78 is 9.81. The summed E-state index contributed by atoms with van der Waals surface area (Å²) in [5.74, 6) is -4.46. The largest absolute Gasteiger partial charge is 0.466 e. The fourth-order valence-corrected chi connectivity index (χ4v) is 2.87. The lowest BCUT2D eigenvalue weighted by Crippen LogP contribution is -2.52. The topological polar surface area (TPSA) is 138 Å². The summed E-state index contributed by atoms with van der Waals surface area (Å²) >= 11 is 0. The number of aromatic nitrogens is 1. The van der Waals surface area contributed by atoms with Crippen molar-refractivity contribution in [2.24, 2.45) is 11.7 Å². The zero-order valence-electron chi connectivity index (χ0n) is 16.2. The Bertz CT molecular complexity index is 909. The van der Waals surface area contributed by atoms with Crippen molar-refractivity contribution in [3.05, 3.63) is 42.1 Å². The second-order valence-corrected chi connectivity index (χ2v) is 6.10. The van der Waals surface area contributed by atoms with Gasteiger partial charge >= 0.3 is 11.9 Å². The van der Waals surface area contributed by atoms with Crippen molar-refractivity contribution in [3.8, 4) is 0 Å². The Kier molecular flexibility index (Phi) is 7.64. The van der Waals surface area contributed by atoms with E-state index in [-0.39, 0.29) is 18.8 Å². The lowest BCUT2D eigenvalue weighted by atomic mass is 9.94. The van der Waals surface area contributed by atoms with Crippen LogP contribution in [0.1, 0.15) is 30.6 Å². The average molecular weight is 401 g/mol. The number of esters is 2. The maximum atomic E-state index is 12.9. The van der Waals surface area contributed by atoms with Crippen LogP contribution in [0.5, 0.6) is 0 Å². The van der Waals surface area contributed by atoms with Gasteiger partial charge < -0.3 is 20.5 Å². The number of ether oxygens (including phenoxy) is 2. The van der Waals surface area contributed by atoms with Gasteiger partial charge in [0.05, 0.1) is 36.6 Å². The average Bonchev–Trinajstić information content (AvgIpc) is 2.70. The molecule has 0 aliphatic rings. The van der Waals surface area contributed by atoms with Gasteiger partial charge in [-0.2, -0.15) is 0 Å². The second-order valence-electron chi connectivity index (χ2n) is 6.10. The van der Waals surface area contributed by atoms with Crippen molar-refractivity contribution >= 4 is 34.7 Å². The number of carbonyl (C=O) groups excluding carboxylic acids is 4. The molecule has 0 unspecified atom stereocenters. The van der Waals surface area contributed by atoms with Gasteiger partial charge in [-0.25, -0.2) is 0 Å². The van der Waals surface area contributed by atoms with Crippen molar-refractivity contribution in [1.82, 2.24) is 10.3 Å². The maximum Gasteiger partial charge on any atom is 0.312 e. The molecule has 0 aliphatic heterocycles. The van der Waals surface area contributed by atoms with Crippen LogP contribution < -0.4 is 11.1 Å². The molecule has 9 nitrogen and oxygen atoms in total. The summed E-state index contributed by atoms with van der Waals surface area (Å²) in [4.78, 5) is 53.4. The molecule has 1 heterocycles. The van der Waals surface area contributed by atoms with Crippen LogP contribution in [0.3, 0.4) is 0 Å². The van der Waals surface area contributed by atoms with E-state index in [0.717, 1.165) is 0 Å². The van der Waals surface area contributed by atoms with Gasteiger partial charge in [0.15, 0.2) is 0 Å². The lowest BCUT2D eigenvalue weighted by molar-refractivity contribution is -0.156. The summed E-state index contributed by atoms with van der Waals surface area (Å²) in [5.41, 5.74) is 6.27. The predicted octanol–water partition coefficient (Wildman–Crippen LogP) is 0.951. The van der Waals surface area contributed by atoms with Crippen LogP contribution in [0.2, 0.25) is 0 Å². The molecule has 0 radical (unpaired) electrons. The van der Waals surface area contributed by atoms with Crippen molar-refractivity contribution in [2.75, 3.05) is 13.2 Å². The SMILES string of the molecule is CCOC(=O)C[C@H](C(=O)OCC)[C@@H](NC(=O)c1ccnc2ccccc12)C(N)=O. The van der Waals surface area contributed by atoms with Gasteiger partial charge in [0.1, 0.15) is 6.04 Å². The Morgan fingerprint density at radius 2 is 1.76 bits per heavy atom. The van der Waals surface area contributed by atoms with E-state index < -0.39 is 42.1 Å². The maximum absolute atomic E-state index is 12.9. The smallest absolute Gasteiger partial charge is 0.312 e. The first kappa shape index (κ1) is 21.8. The van der Waals surface area contributed by atoms with Gasteiger partial charge in [-0.1, -0.05) is 18.2 Å². The quantitative estimate of drug-likeness (QED) is 0.597. The number of benzene rings is 1. The molecule has 0 fully saturated rings. The minimum Gasteiger partial charge on any atom is -0.466 e. The summed E-state index contributed by atoms with van der Waals surface area (Å²) in [6, 6.07) is 6.99. The van der Waals surface area contributed by atoms with Crippen LogP contribution in [0, 0.1) is 5.92 Å². The van der Waals surface area contributed by atoms with E-state index in [1.165, 1.54) is 12.3 Å². The third-order valence-electron chi connectivity index (χ3n) is 4.17. The predicted molar refractivity (Wildman–Crippen MR) is 104 cm³/mol. The number of rotatable bonds is 9. The highest BCUT2D eigenvalue weighted by atomic mass is 16.5. The normalized spacial score (nSPS) is 12.6. The highest BCUT2D eigenvalue weighted by molar-refractivity contribution is 6.07. The number of nitrogens with two attached hydrogens (primary N) is 1.